The third kappa shape index (κ3) is 3.07. The minimum atomic E-state index is -0.192. The van der Waals surface area contributed by atoms with Gasteiger partial charge < -0.3 is 10.2 Å². The van der Waals surface area contributed by atoms with Crippen molar-refractivity contribution in [3.63, 3.8) is 0 Å². The van der Waals surface area contributed by atoms with Gasteiger partial charge in [-0.3, -0.25) is 9.78 Å². The van der Waals surface area contributed by atoms with Gasteiger partial charge in [0.25, 0.3) is 5.91 Å². The summed E-state index contributed by atoms with van der Waals surface area (Å²) < 4.78 is 0. The molecule has 0 unspecified atom stereocenters. The van der Waals surface area contributed by atoms with Gasteiger partial charge in [-0.2, -0.15) is 5.26 Å². The van der Waals surface area contributed by atoms with Gasteiger partial charge in [-0.05, 0) is 29.7 Å². The first-order valence-corrected chi connectivity index (χ1v) is 7.23. The molecule has 0 spiro atoms. The molecule has 2 aromatic rings. The van der Waals surface area contributed by atoms with Crippen molar-refractivity contribution in [2.75, 3.05) is 13.1 Å². The van der Waals surface area contributed by atoms with Crippen molar-refractivity contribution in [1.29, 1.82) is 5.26 Å². The van der Waals surface area contributed by atoms with Crippen LogP contribution in [-0.2, 0) is 0 Å². The normalized spacial score (nSPS) is 17.0. The third-order valence-corrected chi connectivity index (χ3v) is 3.76. The second-order valence-corrected chi connectivity index (χ2v) is 5.30. The fraction of sp³-hybridized carbons (Fsp3) is 0.235. The summed E-state index contributed by atoms with van der Waals surface area (Å²) >= 11 is 0. The van der Waals surface area contributed by atoms with Crippen molar-refractivity contribution < 1.29 is 4.79 Å². The van der Waals surface area contributed by atoms with E-state index in [-0.39, 0.29) is 11.9 Å². The lowest BCUT2D eigenvalue weighted by molar-refractivity contribution is 0.0934. The van der Waals surface area contributed by atoms with Crippen LogP contribution in [0, 0.1) is 11.5 Å². The van der Waals surface area contributed by atoms with Crippen LogP contribution in [0.3, 0.4) is 0 Å². The minimum Gasteiger partial charge on any atom is -0.346 e. The lowest BCUT2D eigenvalue weighted by Gasteiger charge is -2.12. The number of likely N-dealkylation sites (tertiary alicyclic amines) is 1. The number of nitrogens with zero attached hydrogens (tertiary/aromatic N) is 3. The second kappa shape index (κ2) is 6.27. The van der Waals surface area contributed by atoms with E-state index in [1.165, 1.54) is 0 Å². The average Bonchev–Trinajstić information content (AvgIpc) is 3.03. The summed E-state index contributed by atoms with van der Waals surface area (Å²) in [5, 5.41) is 11.8. The largest absolute Gasteiger partial charge is 0.346 e. The zero-order valence-electron chi connectivity index (χ0n) is 12.1. The van der Waals surface area contributed by atoms with Crippen molar-refractivity contribution in [3.8, 4) is 17.3 Å². The van der Waals surface area contributed by atoms with Crippen LogP contribution in [0.15, 0.2) is 48.7 Å². The molecule has 1 aliphatic heterocycles. The Morgan fingerprint density at radius 3 is 2.82 bits per heavy atom. The van der Waals surface area contributed by atoms with Gasteiger partial charge >= 0.3 is 0 Å². The first-order valence-electron chi connectivity index (χ1n) is 7.23. The minimum absolute atomic E-state index is 0.00864. The number of nitriles is 1. The molecule has 3 rings (SSSR count). The molecule has 2 heterocycles. The highest BCUT2D eigenvalue weighted by Crippen LogP contribution is 2.19. The van der Waals surface area contributed by atoms with Crippen LogP contribution in [0.25, 0.3) is 11.1 Å². The molecule has 1 aromatic heterocycles. The Bertz CT molecular complexity index is 708. The molecule has 0 bridgehead atoms. The van der Waals surface area contributed by atoms with E-state index < -0.39 is 0 Å². The van der Waals surface area contributed by atoms with Crippen LogP contribution in [0.5, 0.6) is 0 Å². The Hall–Kier alpha value is -2.87. The van der Waals surface area contributed by atoms with E-state index in [4.69, 9.17) is 5.26 Å². The number of rotatable bonds is 3. The standard InChI is InChI=1S/C17H16N4O/c18-12-21-9-7-15(11-21)20-17(22)16-10-14(6-8-19-16)13-4-2-1-3-5-13/h1-6,8,10,15H,7,9,11H2,(H,20,22)/t15-/m1/s1. The van der Waals surface area contributed by atoms with Crippen LogP contribution >= 0.6 is 0 Å². The SMILES string of the molecule is N#CN1CC[C@@H](NC(=O)c2cc(-c3ccccc3)ccn2)C1. The van der Waals surface area contributed by atoms with Crippen molar-refractivity contribution >= 4 is 5.91 Å². The van der Waals surface area contributed by atoms with Gasteiger partial charge in [-0.15, -0.1) is 0 Å². The smallest absolute Gasteiger partial charge is 0.270 e. The molecule has 0 aliphatic carbocycles. The van der Waals surface area contributed by atoms with E-state index in [2.05, 4.69) is 16.5 Å². The van der Waals surface area contributed by atoms with Crippen LogP contribution in [0.1, 0.15) is 16.9 Å². The molecule has 5 heteroatoms. The summed E-state index contributed by atoms with van der Waals surface area (Å²) in [6.45, 7) is 1.26. The summed E-state index contributed by atoms with van der Waals surface area (Å²) in [4.78, 5) is 18.1. The quantitative estimate of drug-likeness (QED) is 0.879. The molecule has 1 atom stereocenters. The number of carbonyl (C=O) groups excluding carboxylic acids is 1. The fourth-order valence-electron chi connectivity index (χ4n) is 2.59. The molecule has 110 valence electrons. The van der Waals surface area contributed by atoms with Crippen molar-refractivity contribution in [3.05, 3.63) is 54.4 Å². The molecule has 1 fully saturated rings. The maximum atomic E-state index is 12.3. The highest BCUT2D eigenvalue weighted by atomic mass is 16.1. The maximum absolute atomic E-state index is 12.3. The molecule has 22 heavy (non-hydrogen) atoms. The molecule has 1 saturated heterocycles. The molecular formula is C17H16N4O. The first-order chi connectivity index (χ1) is 10.8. The predicted octanol–water partition coefficient (Wildman–Crippen LogP) is 2.03. The molecular weight excluding hydrogens is 276 g/mol. The molecule has 1 aromatic carbocycles. The second-order valence-electron chi connectivity index (χ2n) is 5.30. The lowest BCUT2D eigenvalue weighted by atomic mass is 10.1. The number of hydrogen-bond donors (Lipinski definition) is 1. The Balaban J connectivity index is 1.73. The van der Waals surface area contributed by atoms with E-state index in [0.717, 1.165) is 17.5 Å². The number of carbonyl (C=O) groups is 1. The number of pyridine rings is 1. The van der Waals surface area contributed by atoms with E-state index in [1.54, 1.807) is 17.2 Å². The number of benzene rings is 1. The topological polar surface area (TPSA) is 69.0 Å². The average molecular weight is 292 g/mol. The zero-order valence-corrected chi connectivity index (χ0v) is 12.1. The number of amides is 1. The monoisotopic (exact) mass is 292 g/mol. The van der Waals surface area contributed by atoms with Crippen molar-refractivity contribution in [2.24, 2.45) is 0 Å². The van der Waals surface area contributed by atoms with E-state index in [0.29, 0.717) is 18.8 Å². The first kappa shape index (κ1) is 14.1. The van der Waals surface area contributed by atoms with Crippen LogP contribution in [0.2, 0.25) is 0 Å². The van der Waals surface area contributed by atoms with Crippen molar-refractivity contribution in [1.82, 2.24) is 15.2 Å². The van der Waals surface area contributed by atoms with E-state index in [1.807, 2.05) is 36.4 Å². The fourth-order valence-corrected chi connectivity index (χ4v) is 2.59. The predicted molar refractivity (Wildman–Crippen MR) is 82.7 cm³/mol. The summed E-state index contributed by atoms with van der Waals surface area (Å²) in [7, 11) is 0. The van der Waals surface area contributed by atoms with Crippen molar-refractivity contribution in [2.45, 2.75) is 12.5 Å². The van der Waals surface area contributed by atoms with Gasteiger partial charge in [0.1, 0.15) is 5.69 Å². The van der Waals surface area contributed by atoms with Gasteiger partial charge in [0, 0.05) is 25.3 Å². The van der Waals surface area contributed by atoms with E-state index in [9.17, 15) is 4.79 Å². The molecule has 0 radical (unpaired) electrons. The maximum Gasteiger partial charge on any atom is 0.270 e. The van der Waals surface area contributed by atoms with Gasteiger partial charge in [0.05, 0.1) is 0 Å². The summed E-state index contributed by atoms with van der Waals surface area (Å²) in [6.07, 6.45) is 4.54. The molecule has 1 aliphatic rings. The number of hydrogen-bond acceptors (Lipinski definition) is 4. The number of aromatic nitrogens is 1. The Morgan fingerprint density at radius 2 is 2.09 bits per heavy atom. The molecule has 1 N–H and O–H groups in total. The number of nitrogens with one attached hydrogen (secondary N) is 1. The summed E-state index contributed by atoms with van der Waals surface area (Å²) in [6, 6.07) is 13.6. The molecule has 0 saturated carbocycles. The molecule has 1 amide bonds. The van der Waals surface area contributed by atoms with Crippen LogP contribution in [-0.4, -0.2) is 34.9 Å². The zero-order chi connectivity index (χ0) is 15.4. The van der Waals surface area contributed by atoms with Crippen LogP contribution < -0.4 is 5.32 Å². The Labute approximate surface area is 129 Å². The van der Waals surface area contributed by atoms with Gasteiger partial charge in [0.15, 0.2) is 6.19 Å². The van der Waals surface area contributed by atoms with Gasteiger partial charge in [-0.25, -0.2) is 0 Å². The Kier molecular flexibility index (Phi) is 4.01. The van der Waals surface area contributed by atoms with Crippen LogP contribution in [0.4, 0.5) is 0 Å². The summed E-state index contributed by atoms with van der Waals surface area (Å²) in [5.74, 6) is -0.192. The third-order valence-electron chi connectivity index (χ3n) is 3.76. The highest BCUT2D eigenvalue weighted by molar-refractivity contribution is 5.93. The van der Waals surface area contributed by atoms with E-state index >= 15 is 0 Å². The lowest BCUT2D eigenvalue weighted by Crippen LogP contribution is -2.36. The van der Waals surface area contributed by atoms with Gasteiger partial charge in [0.2, 0.25) is 0 Å². The Morgan fingerprint density at radius 1 is 1.27 bits per heavy atom. The molecule has 5 nitrogen and oxygen atoms in total. The van der Waals surface area contributed by atoms with Gasteiger partial charge in [-0.1, -0.05) is 30.3 Å². The highest BCUT2D eigenvalue weighted by Gasteiger charge is 2.23. The summed E-state index contributed by atoms with van der Waals surface area (Å²) in [5.41, 5.74) is 2.41.